The minimum Gasteiger partial charge on any atom is -0.379 e. The zero-order valence-corrected chi connectivity index (χ0v) is 20.0. The number of pyridine rings is 2. The number of benzene rings is 1. The van der Waals surface area contributed by atoms with Crippen LogP contribution in [0.15, 0.2) is 48.8 Å². The molecular weight excluding hydrogens is 436 g/mol. The van der Waals surface area contributed by atoms with Crippen molar-refractivity contribution in [3.8, 4) is 6.07 Å². The van der Waals surface area contributed by atoms with Gasteiger partial charge in [-0.3, -0.25) is 14.9 Å². The zero-order chi connectivity index (χ0) is 24.2. The van der Waals surface area contributed by atoms with E-state index >= 15 is 0 Å². The number of morpholine rings is 1. The van der Waals surface area contributed by atoms with Crippen LogP contribution < -0.4 is 5.32 Å². The van der Waals surface area contributed by atoms with Crippen molar-refractivity contribution in [2.24, 2.45) is 0 Å². The van der Waals surface area contributed by atoms with Crippen molar-refractivity contribution in [1.29, 1.82) is 5.26 Å². The summed E-state index contributed by atoms with van der Waals surface area (Å²) in [7, 11) is 0. The van der Waals surface area contributed by atoms with Crippen LogP contribution in [0.4, 0.5) is 11.4 Å². The molecule has 4 heterocycles. The number of nitriles is 1. The Kier molecular flexibility index (Phi) is 6.57. The Morgan fingerprint density at radius 1 is 1.14 bits per heavy atom. The summed E-state index contributed by atoms with van der Waals surface area (Å²) in [5.41, 5.74) is 8.02. The summed E-state index contributed by atoms with van der Waals surface area (Å²) in [5, 5.41) is 14.5. The maximum Gasteiger partial charge on any atom is 0.103 e. The van der Waals surface area contributed by atoms with Gasteiger partial charge < -0.3 is 15.0 Å². The molecule has 176 valence electrons. The number of anilines is 2. The molecule has 2 N–H and O–H groups in total. The SMILES string of the molecule is Cc1ncc(C#N)c(Nc2ccc3[nH]ccc3c2C)c1C=Cc1cccc(CN2CCOCC2)n1. The number of aromatic amines is 1. The first-order valence-corrected chi connectivity index (χ1v) is 11.8. The molecule has 1 aliphatic heterocycles. The van der Waals surface area contributed by atoms with Crippen molar-refractivity contribution >= 4 is 34.4 Å². The third-order valence-corrected chi connectivity index (χ3v) is 6.44. The summed E-state index contributed by atoms with van der Waals surface area (Å²) < 4.78 is 5.45. The summed E-state index contributed by atoms with van der Waals surface area (Å²) in [6.45, 7) is 8.24. The average Bonchev–Trinajstić information content (AvgIpc) is 3.36. The van der Waals surface area contributed by atoms with Gasteiger partial charge in [-0.15, -0.1) is 0 Å². The number of aryl methyl sites for hydroxylation is 2. The lowest BCUT2D eigenvalue weighted by Crippen LogP contribution is -2.35. The minimum absolute atomic E-state index is 0.498. The second-order valence-corrected chi connectivity index (χ2v) is 8.74. The fraction of sp³-hybridized carbons (Fsp3) is 0.250. The van der Waals surface area contributed by atoms with E-state index in [0.717, 1.165) is 83.3 Å². The van der Waals surface area contributed by atoms with Crippen molar-refractivity contribution in [3.05, 3.63) is 82.6 Å². The van der Waals surface area contributed by atoms with Gasteiger partial charge >= 0.3 is 0 Å². The molecule has 0 aliphatic carbocycles. The van der Waals surface area contributed by atoms with Gasteiger partial charge in [0.2, 0.25) is 0 Å². The Morgan fingerprint density at radius 2 is 2.00 bits per heavy atom. The summed E-state index contributed by atoms with van der Waals surface area (Å²) in [5.74, 6) is 0. The van der Waals surface area contributed by atoms with E-state index in [-0.39, 0.29) is 0 Å². The molecule has 7 nitrogen and oxygen atoms in total. The molecule has 7 heteroatoms. The first-order valence-electron chi connectivity index (χ1n) is 11.8. The molecule has 1 aromatic carbocycles. The highest BCUT2D eigenvalue weighted by Gasteiger charge is 2.14. The molecule has 0 amide bonds. The third-order valence-electron chi connectivity index (χ3n) is 6.44. The van der Waals surface area contributed by atoms with E-state index in [1.807, 2.05) is 49.5 Å². The van der Waals surface area contributed by atoms with Crippen LogP contribution in [-0.2, 0) is 11.3 Å². The van der Waals surface area contributed by atoms with Crippen LogP contribution in [0, 0.1) is 25.2 Å². The highest BCUT2D eigenvalue weighted by molar-refractivity contribution is 5.90. The molecule has 1 aliphatic rings. The first-order chi connectivity index (χ1) is 17.1. The zero-order valence-electron chi connectivity index (χ0n) is 20.0. The topological polar surface area (TPSA) is 89.9 Å². The smallest absolute Gasteiger partial charge is 0.103 e. The standard InChI is InChI=1S/C28H28N6O/c1-19-24-10-11-30-27(24)9-8-26(19)33-28-21(16-29)17-31-20(2)25(28)7-6-22-4-3-5-23(32-22)18-34-12-14-35-15-13-34/h3-11,17,30H,12-15,18H2,1-2H3,(H,31,33). The second kappa shape index (κ2) is 10.1. The summed E-state index contributed by atoms with van der Waals surface area (Å²) in [6.07, 6.45) is 7.55. The Balaban J connectivity index is 1.45. The fourth-order valence-corrected chi connectivity index (χ4v) is 4.43. The van der Waals surface area contributed by atoms with E-state index < -0.39 is 0 Å². The maximum atomic E-state index is 9.81. The number of aromatic nitrogens is 3. The van der Waals surface area contributed by atoms with E-state index in [2.05, 4.69) is 45.3 Å². The largest absolute Gasteiger partial charge is 0.379 e. The molecule has 0 unspecified atom stereocenters. The van der Waals surface area contributed by atoms with Gasteiger partial charge in [-0.25, -0.2) is 0 Å². The molecule has 0 saturated carbocycles. The number of H-pyrrole nitrogens is 1. The monoisotopic (exact) mass is 464 g/mol. The van der Waals surface area contributed by atoms with Crippen LogP contribution in [0.25, 0.3) is 23.1 Å². The van der Waals surface area contributed by atoms with Crippen molar-refractivity contribution in [3.63, 3.8) is 0 Å². The number of rotatable bonds is 6. The Bertz CT molecular complexity index is 1430. The van der Waals surface area contributed by atoms with Crippen LogP contribution >= 0.6 is 0 Å². The predicted octanol–water partition coefficient (Wildman–Crippen LogP) is 5.19. The van der Waals surface area contributed by atoms with Crippen LogP contribution in [0.3, 0.4) is 0 Å². The summed E-state index contributed by atoms with van der Waals surface area (Å²) >= 11 is 0. The Labute approximate surface area is 205 Å². The van der Waals surface area contributed by atoms with Crippen molar-refractivity contribution in [1.82, 2.24) is 19.9 Å². The first kappa shape index (κ1) is 22.8. The lowest BCUT2D eigenvalue weighted by atomic mass is 10.0. The number of nitrogens with one attached hydrogen (secondary N) is 2. The quantitative estimate of drug-likeness (QED) is 0.408. The van der Waals surface area contributed by atoms with Gasteiger partial charge in [0.1, 0.15) is 6.07 Å². The summed E-state index contributed by atoms with van der Waals surface area (Å²) in [4.78, 5) is 14.9. The van der Waals surface area contributed by atoms with E-state index in [1.165, 1.54) is 0 Å². The van der Waals surface area contributed by atoms with Crippen LogP contribution in [0.5, 0.6) is 0 Å². The molecule has 0 spiro atoms. The molecule has 4 aromatic rings. The molecule has 0 atom stereocenters. The molecule has 5 rings (SSSR count). The van der Waals surface area contributed by atoms with Crippen LogP contribution in [0.2, 0.25) is 0 Å². The van der Waals surface area contributed by atoms with Crippen molar-refractivity contribution in [2.75, 3.05) is 31.6 Å². The molecule has 1 saturated heterocycles. The molecule has 0 radical (unpaired) electrons. The van der Waals surface area contributed by atoms with Gasteiger partial charge in [-0.2, -0.15) is 5.26 Å². The summed E-state index contributed by atoms with van der Waals surface area (Å²) in [6, 6.07) is 14.5. The lowest BCUT2D eigenvalue weighted by Gasteiger charge is -2.26. The number of ether oxygens (including phenoxy) is 1. The minimum atomic E-state index is 0.498. The average molecular weight is 465 g/mol. The third kappa shape index (κ3) is 4.94. The molecule has 1 fully saturated rings. The van der Waals surface area contributed by atoms with E-state index in [1.54, 1.807) is 6.20 Å². The van der Waals surface area contributed by atoms with E-state index in [0.29, 0.717) is 5.56 Å². The van der Waals surface area contributed by atoms with Gasteiger partial charge in [0.15, 0.2) is 0 Å². The highest BCUT2D eigenvalue weighted by atomic mass is 16.5. The number of nitrogens with zero attached hydrogens (tertiary/aromatic N) is 4. The second-order valence-electron chi connectivity index (χ2n) is 8.74. The number of hydrogen-bond acceptors (Lipinski definition) is 6. The van der Waals surface area contributed by atoms with Crippen LogP contribution in [-0.4, -0.2) is 46.2 Å². The molecule has 3 aromatic heterocycles. The lowest BCUT2D eigenvalue weighted by molar-refractivity contribution is 0.0336. The van der Waals surface area contributed by atoms with Crippen LogP contribution in [0.1, 0.15) is 33.8 Å². The molecular formula is C28H28N6O. The molecule has 35 heavy (non-hydrogen) atoms. The van der Waals surface area contributed by atoms with E-state index in [9.17, 15) is 5.26 Å². The van der Waals surface area contributed by atoms with Gasteiger partial charge in [-0.1, -0.05) is 6.07 Å². The number of hydrogen-bond donors (Lipinski definition) is 2. The molecule has 0 bridgehead atoms. The van der Waals surface area contributed by atoms with Crippen molar-refractivity contribution < 1.29 is 4.74 Å². The van der Waals surface area contributed by atoms with Gasteiger partial charge in [0.25, 0.3) is 0 Å². The van der Waals surface area contributed by atoms with Gasteiger partial charge in [0.05, 0.1) is 35.9 Å². The Hall–Kier alpha value is -3.99. The Morgan fingerprint density at radius 3 is 2.83 bits per heavy atom. The predicted molar refractivity (Wildman–Crippen MR) is 139 cm³/mol. The fourth-order valence-electron chi connectivity index (χ4n) is 4.43. The van der Waals surface area contributed by atoms with E-state index in [4.69, 9.17) is 9.72 Å². The van der Waals surface area contributed by atoms with Gasteiger partial charge in [0, 0.05) is 59.9 Å². The number of fused-ring (bicyclic) bond motifs is 1. The van der Waals surface area contributed by atoms with Gasteiger partial charge in [-0.05, 0) is 61.9 Å². The maximum absolute atomic E-state index is 9.81. The highest BCUT2D eigenvalue weighted by Crippen LogP contribution is 2.32. The normalized spacial score (nSPS) is 14.4. The van der Waals surface area contributed by atoms with Crippen molar-refractivity contribution in [2.45, 2.75) is 20.4 Å².